The van der Waals surface area contributed by atoms with E-state index in [2.05, 4.69) is 10.3 Å². The molecule has 1 amide bonds. The van der Waals surface area contributed by atoms with E-state index in [1.165, 1.54) is 11.0 Å². The molecule has 0 radical (unpaired) electrons. The molecule has 1 atom stereocenters. The molecular formula is C15H15FN5O5S2-. The highest BCUT2D eigenvalue weighted by atomic mass is 32.2. The maximum atomic E-state index is 14.4. The second-order valence-corrected chi connectivity index (χ2v) is 7.19. The van der Waals surface area contributed by atoms with Crippen molar-refractivity contribution < 1.29 is 27.8 Å². The van der Waals surface area contributed by atoms with Crippen LogP contribution in [0.1, 0.15) is 16.9 Å². The normalized spacial score (nSPS) is 11.6. The van der Waals surface area contributed by atoms with E-state index in [-0.39, 0.29) is 28.6 Å². The van der Waals surface area contributed by atoms with Crippen molar-refractivity contribution >= 4 is 56.7 Å². The van der Waals surface area contributed by atoms with Crippen LogP contribution >= 0.6 is 11.3 Å². The number of amidine groups is 1. The molecule has 1 aromatic carbocycles. The molecule has 1 unspecified atom stereocenters. The number of anilines is 3. The summed E-state index contributed by atoms with van der Waals surface area (Å²) in [5, 5.41) is 18.8. The lowest BCUT2D eigenvalue weighted by atomic mass is 10.2. The summed E-state index contributed by atoms with van der Waals surface area (Å²) >= 11 is -2.19. The van der Waals surface area contributed by atoms with Crippen molar-refractivity contribution in [3.05, 3.63) is 35.2 Å². The molecule has 28 heavy (non-hydrogen) atoms. The van der Waals surface area contributed by atoms with E-state index in [9.17, 15) is 22.7 Å². The zero-order valence-corrected chi connectivity index (χ0v) is 16.3. The fourth-order valence-electron chi connectivity index (χ4n) is 2.04. The average Bonchev–Trinajstić information content (AvgIpc) is 3.06. The van der Waals surface area contributed by atoms with Crippen molar-refractivity contribution in [1.82, 2.24) is 9.88 Å². The lowest BCUT2D eigenvalue weighted by Gasteiger charge is -2.25. The van der Waals surface area contributed by atoms with Crippen LogP contribution in [0.25, 0.3) is 0 Å². The maximum absolute atomic E-state index is 14.4. The van der Waals surface area contributed by atoms with E-state index in [1.54, 1.807) is 14.1 Å². The van der Waals surface area contributed by atoms with Crippen LogP contribution in [0.4, 0.5) is 20.8 Å². The molecule has 0 aliphatic rings. The van der Waals surface area contributed by atoms with Gasteiger partial charge in [0.15, 0.2) is 5.69 Å². The van der Waals surface area contributed by atoms with Gasteiger partial charge in [0.05, 0.1) is 34.6 Å². The van der Waals surface area contributed by atoms with Crippen molar-refractivity contribution in [2.75, 3.05) is 23.7 Å². The van der Waals surface area contributed by atoms with Crippen LogP contribution in [-0.4, -0.2) is 55.6 Å². The number of carbonyl (C=O) groups excluding carboxylic acids is 1. The summed E-state index contributed by atoms with van der Waals surface area (Å²) in [4.78, 5) is 28.1. The highest BCUT2D eigenvalue weighted by molar-refractivity contribution is 7.81. The van der Waals surface area contributed by atoms with Crippen molar-refractivity contribution in [3.63, 3.8) is 0 Å². The third-order valence-corrected chi connectivity index (χ3v) is 5.03. The lowest BCUT2D eigenvalue weighted by molar-refractivity contribution is -0.115. The fraction of sp³-hybridized carbons (Fsp3) is 0.200. The number of nitrogens with one attached hydrogen (secondary N) is 2. The van der Waals surface area contributed by atoms with Crippen LogP contribution in [0.5, 0.6) is 0 Å². The highest BCUT2D eigenvalue weighted by Gasteiger charge is 2.23. The molecule has 150 valence electrons. The lowest BCUT2D eigenvalue weighted by Crippen LogP contribution is -2.26. The van der Waals surface area contributed by atoms with Gasteiger partial charge >= 0.3 is 5.97 Å². The molecule has 0 aliphatic heterocycles. The Morgan fingerprint density at radius 2 is 2.11 bits per heavy atom. The number of halogens is 1. The standard InChI is InChI=1S/C15H16FN5O5S2/c1-20(2)11(17)6-12(22)19-10-4-3-8(5-9(10)16)21(28(25)26)14-13(15(23)24)18-7-27-14/h3-5,7,17H,6H2,1-2H3,(H,19,22)(H,23,24)(H,25,26)/p-1. The molecule has 2 aromatic rings. The van der Waals surface area contributed by atoms with E-state index in [1.807, 2.05) is 0 Å². The van der Waals surface area contributed by atoms with Gasteiger partial charge < -0.3 is 19.9 Å². The first-order valence-electron chi connectivity index (χ1n) is 7.52. The van der Waals surface area contributed by atoms with Gasteiger partial charge in [-0.2, -0.15) is 0 Å². The van der Waals surface area contributed by atoms with Gasteiger partial charge in [0, 0.05) is 20.2 Å². The summed E-state index contributed by atoms with van der Waals surface area (Å²) in [6.45, 7) is 0. The summed E-state index contributed by atoms with van der Waals surface area (Å²) in [5.41, 5.74) is 0.286. The smallest absolute Gasteiger partial charge is 0.357 e. The Balaban J connectivity index is 2.29. The number of amides is 1. The SMILES string of the molecule is CN(C)C(=N)CC(=O)Nc1ccc(N(c2scnc2C(=O)O)S(=O)[O-])cc1F. The molecule has 0 saturated carbocycles. The number of carbonyl (C=O) groups is 2. The molecule has 0 saturated heterocycles. The Bertz CT molecular complexity index is 949. The van der Waals surface area contributed by atoms with Gasteiger partial charge in [-0.3, -0.25) is 18.7 Å². The van der Waals surface area contributed by atoms with Gasteiger partial charge in [-0.1, -0.05) is 0 Å². The van der Waals surface area contributed by atoms with Crippen LogP contribution in [0, 0.1) is 11.2 Å². The van der Waals surface area contributed by atoms with E-state index in [4.69, 9.17) is 10.5 Å². The highest BCUT2D eigenvalue weighted by Crippen LogP contribution is 2.34. The Kier molecular flexibility index (Phi) is 6.77. The maximum Gasteiger partial charge on any atom is 0.357 e. The fourth-order valence-corrected chi connectivity index (χ4v) is 3.57. The predicted molar refractivity (Wildman–Crippen MR) is 101 cm³/mol. The third kappa shape index (κ3) is 4.88. The number of thiazole rings is 1. The van der Waals surface area contributed by atoms with Crippen LogP contribution in [0.15, 0.2) is 23.7 Å². The molecule has 0 aliphatic carbocycles. The minimum Gasteiger partial charge on any atom is -0.755 e. The zero-order chi connectivity index (χ0) is 21.0. The molecule has 1 heterocycles. The molecular weight excluding hydrogens is 413 g/mol. The molecule has 13 heteroatoms. The molecule has 0 fully saturated rings. The Morgan fingerprint density at radius 1 is 1.43 bits per heavy atom. The van der Waals surface area contributed by atoms with Gasteiger partial charge in [-0.15, -0.1) is 11.3 Å². The largest absolute Gasteiger partial charge is 0.755 e. The zero-order valence-electron chi connectivity index (χ0n) is 14.6. The van der Waals surface area contributed by atoms with E-state index in [0.29, 0.717) is 4.31 Å². The topological polar surface area (TPSA) is 150 Å². The van der Waals surface area contributed by atoms with E-state index in [0.717, 1.165) is 29.0 Å². The molecule has 2 rings (SSSR count). The first-order valence-corrected chi connectivity index (χ1v) is 9.43. The summed E-state index contributed by atoms with van der Waals surface area (Å²) in [6.07, 6.45) is -0.270. The number of benzene rings is 1. The van der Waals surface area contributed by atoms with Crippen LogP contribution in [0.2, 0.25) is 0 Å². The van der Waals surface area contributed by atoms with E-state index < -0.39 is 34.7 Å². The number of aromatic nitrogens is 1. The Hall–Kier alpha value is -2.90. The number of nitrogens with zero attached hydrogens (tertiary/aromatic N) is 3. The summed E-state index contributed by atoms with van der Waals surface area (Å²) in [7, 11) is 3.18. The molecule has 1 aromatic heterocycles. The van der Waals surface area contributed by atoms with Gasteiger partial charge in [-0.25, -0.2) is 14.2 Å². The second kappa shape index (κ2) is 8.86. The van der Waals surface area contributed by atoms with E-state index >= 15 is 0 Å². The van der Waals surface area contributed by atoms with Crippen LogP contribution < -0.4 is 9.62 Å². The quantitative estimate of drug-likeness (QED) is 0.345. The van der Waals surface area contributed by atoms with Gasteiger partial charge in [0.1, 0.15) is 16.7 Å². The predicted octanol–water partition coefficient (Wildman–Crippen LogP) is 1.78. The third-order valence-electron chi connectivity index (χ3n) is 3.41. The van der Waals surface area contributed by atoms with Gasteiger partial charge in [-0.05, 0) is 12.1 Å². The number of carboxylic acid groups (broad SMARTS) is 1. The Labute approximate surface area is 165 Å². The minimum atomic E-state index is -2.95. The second-order valence-electron chi connectivity index (χ2n) is 5.55. The molecule has 3 N–H and O–H groups in total. The number of carboxylic acids is 1. The number of aromatic carboxylic acids is 1. The van der Waals surface area contributed by atoms with Crippen molar-refractivity contribution in [2.24, 2.45) is 0 Å². The van der Waals surface area contributed by atoms with Crippen LogP contribution in [-0.2, 0) is 16.1 Å². The van der Waals surface area contributed by atoms with Gasteiger partial charge in [0.2, 0.25) is 5.91 Å². The number of hydrogen-bond acceptors (Lipinski definition) is 7. The monoisotopic (exact) mass is 428 g/mol. The molecule has 0 spiro atoms. The average molecular weight is 428 g/mol. The van der Waals surface area contributed by atoms with Crippen molar-refractivity contribution in [2.45, 2.75) is 6.42 Å². The van der Waals surface area contributed by atoms with Crippen LogP contribution in [0.3, 0.4) is 0 Å². The number of hydrogen-bond donors (Lipinski definition) is 3. The summed E-state index contributed by atoms with van der Waals surface area (Å²) in [6, 6.07) is 3.19. The summed E-state index contributed by atoms with van der Waals surface area (Å²) in [5.74, 6) is -2.96. The molecule has 0 bridgehead atoms. The van der Waals surface area contributed by atoms with Crippen molar-refractivity contribution in [3.8, 4) is 0 Å². The number of rotatable bonds is 7. The Morgan fingerprint density at radius 3 is 2.64 bits per heavy atom. The minimum absolute atomic E-state index is 0.0221. The van der Waals surface area contributed by atoms with Gasteiger partial charge in [0.25, 0.3) is 0 Å². The first-order chi connectivity index (χ1) is 13.1. The molecule has 10 nitrogen and oxygen atoms in total. The van der Waals surface area contributed by atoms with Crippen molar-refractivity contribution in [1.29, 1.82) is 5.41 Å². The summed E-state index contributed by atoms with van der Waals surface area (Å²) < 4.78 is 38.2. The first kappa shape index (κ1) is 21.4.